The molecular weight excluding hydrogens is 829 g/mol. The van der Waals surface area contributed by atoms with Crippen molar-refractivity contribution >= 4 is 17.9 Å². The third-order valence-corrected chi connectivity index (χ3v) is 11.2. The molecule has 6 nitrogen and oxygen atoms in total. The van der Waals surface area contributed by atoms with Crippen LogP contribution < -0.4 is 0 Å². The van der Waals surface area contributed by atoms with E-state index in [9.17, 15) is 14.4 Å². The zero-order valence-corrected chi connectivity index (χ0v) is 43.4. The van der Waals surface area contributed by atoms with Gasteiger partial charge in [0.1, 0.15) is 13.2 Å². The highest BCUT2D eigenvalue weighted by Gasteiger charge is 2.19. The molecule has 0 fully saturated rings. The van der Waals surface area contributed by atoms with E-state index in [2.05, 4.69) is 130 Å². The van der Waals surface area contributed by atoms with Gasteiger partial charge in [-0.15, -0.1) is 0 Å². The van der Waals surface area contributed by atoms with Gasteiger partial charge < -0.3 is 14.2 Å². The molecule has 0 amide bonds. The maximum absolute atomic E-state index is 12.8. The Hall–Kier alpha value is -3.93. The second kappa shape index (κ2) is 54.7. The van der Waals surface area contributed by atoms with E-state index in [0.717, 1.165) is 122 Å². The summed E-state index contributed by atoms with van der Waals surface area (Å²) in [6.45, 7) is 6.33. The molecule has 380 valence electrons. The molecule has 67 heavy (non-hydrogen) atoms. The van der Waals surface area contributed by atoms with Crippen LogP contribution in [0, 0.1) is 0 Å². The molecule has 1 unspecified atom stereocenters. The molecule has 0 aliphatic heterocycles. The summed E-state index contributed by atoms with van der Waals surface area (Å²) in [6.07, 6.45) is 73.6. The van der Waals surface area contributed by atoms with Crippen LogP contribution in [0.4, 0.5) is 0 Å². The first-order valence-corrected chi connectivity index (χ1v) is 27.4. The van der Waals surface area contributed by atoms with Gasteiger partial charge in [-0.1, -0.05) is 207 Å². The summed E-state index contributed by atoms with van der Waals surface area (Å²) in [5, 5.41) is 0. The normalized spacial score (nSPS) is 12.9. The summed E-state index contributed by atoms with van der Waals surface area (Å²) in [7, 11) is 0. The summed E-state index contributed by atoms with van der Waals surface area (Å²) >= 11 is 0. The molecule has 6 heteroatoms. The van der Waals surface area contributed by atoms with Gasteiger partial charge in [0.25, 0.3) is 0 Å². The van der Waals surface area contributed by atoms with Crippen LogP contribution in [0.15, 0.2) is 109 Å². The maximum atomic E-state index is 12.8. The number of ether oxygens (including phenoxy) is 3. The lowest BCUT2D eigenvalue weighted by Gasteiger charge is -2.18. The predicted molar refractivity (Wildman–Crippen MR) is 288 cm³/mol. The highest BCUT2D eigenvalue weighted by atomic mass is 16.6. The lowest BCUT2D eigenvalue weighted by Crippen LogP contribution is -2.30. The van der Waals surface area contributed by atoms with E-state index in [4.69, 9.17) is 14.2 Å². The maximum Gasteiger partial charge on any atom is 0.306 e. The third-order valence-electron chi connectivity index (χ3n) is 11.2. The Bertz CT molecular complexity index is 1390. The Morgan fingerprint density at radius 3 is 0.940 bits per heavy atom. The van der Waals surface area contributed by atoms with Gasteiger partial charge in [0.2, 0.25) is 0 Å². The number of carbonyl (C=O) groups excluding carboxylic acids is 3. The summed E-state index contributed by atoms with van der Waals surface area (Å²) in [6, 6.07) is 0. The predicted octanol–water partition coefficient (Wildman–Crippen LogP) is 18.3. The SMILES string of the molecule is CC/C=C\C/C=C\C/C=C\C/C=C\CCCCC(=O)OCC(COC(=O)CCCCCCCCC/C=C\C/C=C\C/C=C\CC)OC(=O)CCCCCCCCC/C=C\C/C=C\CCCCC. The van der Waals surface area contributed by atoms with Crippen molar-refractivity contribution in [1.82, 2.24) is 0 Å². The molecule has 0 heterocycles. The Morgan fingerprint density at radius 2 is 0.582 bits per heavy atom. The lowest BCUT2D eigenvalue weighted by molar-refractivity contribution is -0.167. The van der Waals surface area contributed by atoms with E-state index < -0.39 is 6.10 Å². The second-order valence-electron chi connectivity index (χ2n) is 17.7. The van der Waals surface area contributed by atoms with Crippen molar-refractivity contribution in [3.05, 3.63) is 109 Å². The summed E-state index contributed by atoms with van der Waals surface area (Å²) < 4.78 is 16.8. The van der Waals surface area contributed by atoms with Crippen molar-refractivity contribution < 1.29 is 28.6 Å². The van der Waals surface area contributed by atoms with Crippen molar-refractivity contribution in [2.24, 2.45) is 0 Å². The fourth-order valence-corrected chi connectivity index (χ4v) is 7.18. The molecule has 0 saturated heterocycles. The molecule has 0 N–H and O–H groups in total. The quantitative estimate of drug-likeness (QED) is 0.0262. The van der Waals surface area contributed by atoms with Gasteiger partial charge in [-0.2, -0.15) is 0 Å². The first-order chi connectivity index (χ1) is 33.0. The monoisotopic (exact) mass is 929 g/mol. The minimum absolute atomic E-state index is 0.102. The van der Waals surface area contributed by atoms with Crippen molar-refractivity contribution in [3.63, 3.8) is 0 Å². The van der Waals surface area contributed by atoms with Gasteiger partial charge in [0, 0.05) is 19.3 Å². The molecular formula is C61H100O6. The zero-order chi connectivity index (χ0) is 48.6. The van der Waals surface area contributed by atoms with Gasteiger partial charge >= 0.3 is 17.9 Å². The highest BCUT2D eigenvalue weighted by molar-refractivity contribution is 5.71. The van der Waals surface area contributed by atoms with Gasteiger partial charge in [-0.25, -0.2) is 0 Å². The number of allylic oxidation sites excluding steroid dienone is 18. The standard InChI is InChI=1S/C61H100O6/c1-4-7-10-13-16-19-22-25-28-30-33-36-39-42-45-48-51-54-60(63)66-57-58(56-65-59(62)53-50-47-44-41-38-35-32-27-24-21-18-15-12-9-6-3)67-61(64)55-52-49-46-43-40-37-34-31-29-26-23-20-17-14-11-8-5-2/h7,9-10,12,16-21,25-29,32,38,41,58H,4-6,8,11,13-15,22-24,30-31,33-37,39-40,42-57H2,1-3H3/b10-7-,12-9-,19-16-,20-17-,21-18-,28-25-,29-26-,32-27-,41-38-. The smallest absolute Gasteiger partial charge is 0.306 e. The van der Waals surface area contributed by atoms with Gasteiger partial charge in [0.15, 0.2) is 6.10 Å². The molecule has 0 saturated carbocycles. The van der Waals surface area contributed by atoms with E-state index in [1.165, 1.54) is 77.0 Å². The molecule has 0 aliphatic rings. The zero-order valence-electron chi connectivity index (χ0n) is 43.4. The first kappa shape index (κ1) is 63.1. The largest absolute Gasteiger partial charge is 0.462 e. The molecule has 0 bridgehead atoms. The first-order valence-electron chi connectivity index (χ1n) is 27.4. The number of hydrogen-bond donors (Lipinski definition) is 0. The topological polar surface area (TPSA) is 78.9 Å². The Kier molecular flexibility index (Phi) is 51.5. The van der Waals surface area contributed by atoms with Crippen LogP contribution >= 0.6 is 0 Å². The molecule has 1 atom stereocenters. The summed E-state index contributed by atoms with van der Waals surface area (Å²) in [5.41, 5.74) is 0. The molecule has 0 aromatic carbocycles. The van der Waals surface area contributed by atoms with Crippen LogP contribution in [-0.4, -0.2) is 37.2 Å². The molecule has 0 aliphatic carbocycles. The molecule has 0 rings (SSSR count). The minimum atomic E-state index is -0.806. The van der Waals surface area contributed by atoms with E-state index in [1.807, 2.05) is 0 Å². The summed E-state index contributed by atoms with van der Waals surface area (Å²) in [5.74, 6) is -0.963. The molecule has 0 aromatic rings. The number of unbranched alkanes of at least 4 members (excludes halogenated alkanes) is 19. The van der Waals surface area contributed by atoms with E-state index >= 15 is 0 Å². The van der Waals surface area contributed by atoms with Crippen LogP contribution in [0.1, 0.15) is 239 Å². The molecule has 0 radical (unpaired) electrons. The Morgan fingerprint density at radius 1 is 0.313 bits per heavy atom. The Balaban J connectivity index is 4.49. The van der Waals surface area contributed by atoms with Crippen molar-refractivity contribution in [2.75, 3.05) is 13.2 Å². The fraction of sp³-hybridized carbons (Fsp3) is 0.656. The molecule has 0 spiro atoms. The van der Waals surface area contributed by atoms with Crippen molar-refractivity contribution in [2.45, 2.75) is 245 Å². The summed E-state index contributed by atoms with van der Waals surface area (Å²) in [4.78, 5) is 38.1. The van der Waals surface area contributed by atoms with Crippen LogP contribution in [0.3, 0.4) is 0 Å². The average molecular weight is 929 g/mol. The number of rotatable bonds is 48. The van der Waals surface area contributed by atoms with E-state index in [0.29, 0.717) is 19.3 Å². The van der Waals surface area contributed by atoms with Gasteiger partial charge in [-0.05, 0) is 122 Å². The minimum Gasteiger partial charge on any atom is -0.462 e. The van der Waals surface area contributed by atoms with E-state index in [-0.39, 0.29) is 31.1 Å². The van der Waals surface area contributed by atoms with Gasteiger partial charge in [0.05, 0.1) is 0 Å². The number of carbonyl (C=O) groups is 3. The highest BCUT2D eigenvalue weighted by Crippen LogP contribution is 2.14. The number of esters is 3. The van der Waals surface area contributed by atoms with Crippen molar-refractivity contribution in [3.8, 4) is 0 Å². The van der Waals surface area contributed by atoms with Crippen LogP contribution in [0.25, 0.3) is 0 Å². The second-order valence-corrected chi connectivity index (χ2v) is 17.7. The van der Waals surface area contributed by atoms with E-state index in [1.54, 1.807) is 0 Å². The van der Waals surface area contributed by atoms with Crippen LogP contribution in [-0.2, 0) is 28.6 Å². The Labute approximate surface area is 412 Å². The number of hydrogen-bond acceptors (Lipinski definition) is 6. The van der Waals surface area contributed by atoms with Gasteiger partial charge in [-0.3, -0.25) is 14.4 Å². The molecule has 0 aromatic heterocycles. The third kappa shape index (κ3) is 52.9. The van der Waals surface area contributed by atoms with Crippen molar-refractivity contribution in [1.29, 1.82) is 0 Å². The average Bonchev–Trinajstić information content (AvgIpc) is 3.33. The van der Waals surface area contributed by atoms with Crippen LogP contribution in [0.2, 0.25) is 0 Å². The van der Waals surface area contributed by atoms with Crippen LogP contribution in [0.5, 0.6) is 0 Å². The fourth-order valence-electron chi connectivity index (χ4n) is 7.18. The lowest BCUT2D eigenvalue weighted by atomic mass is 10.1.